The van der Waals surface area contributed by atoms with E-state index in [0.29, 0.717) is 10.0 Å². The third-order valence-electron chi connectivity index (χ3n) is 4.26. The normalized spacial score (nSPS) is 12.5. The van der Waals surface area contributed by atoms with E-state index in [4.69, 9.17) is 14.3 Å². The Morgan fingerprint density at radius 2 is 1.59 bits per heavy atom. The fourth-order valence-corrected chi connectivity index (χ4v) is 3.63. The number of carbonyl (C=O) groups is 2. The smallest absolute Gasteiger partial charge is 0.338 e. The minimum Gasteiger partial charge on any atom is -0.495 e. The summed E-state index contributed by atoms with van der Waals surface area (Å²) in [6, 6.07) is 10.7. The monoisotopic (exact) mass is 421 g/mol. The molecule has 2 rings (SSSR count). The van der Waals surface area contributed by atoms with Crippen molar-refractivity contribution in [3.05, 3.63) is 59.2 Å². The highest BCUT2D eigenvalue weighted by atomic mass is 32.2. The van der Waals surface area contributed by atoms with E-state index in [1.807, 2.05) is 6.92 Å². The topological polar surface area (TPSA) is 99.2 Å². The van der Waals surface area contributed by atoms with E-state index < -0.39 is 22.1 Å². The molecule has 0 aromatic heterocycles. The van der Waals surface area contributed by atoms with Crippen molar-refractivity contribution in [1.82, 2.24) is 4.47 Å². The molecule has 0 fully saturated rings. The highest BCUT2D eigenvalue weighted by molar-refractivity contribution is 7.89. The molecule has 156 valence electrons. The van der Waals surface area contributed by atoms with Gasteiger partial charge in [-0.1, -0.05) is 34.3 Å². The van der Waals surface area contributed by atoms with Crippen molar-refractivity contribution in [2.24, 2.45) is 0 Å². The van der Waals surface area contributed by atoms with Gasteiger partial charge in [0, 0.05) is 12.6 Å². The Morgan fingerprint density at radius 1 is 1.00 bits per heavy atom. The van der Waals surface area contributed by atoms with Crippen molar-refractivity contribution in [3.8, 4) is 5.75 Å². The van der Waals surface area contributed by atoms with Crippen LogP contribution in [0.2, 0.25) is 0 Å². The number of Topliss-reactive ketones (excluding diaryl/α,β-unsaturated/α-hetero) is 1. The Balaban J connectivity index is 2.28. The molecular formula is C20H23NO7S. The second kappa shape index (κ2) is 9.17. The number of sulfonamides is 1. The Labute approximate surface area is 170 Å². The second-order valence-corrected chi connectivity index (χ2v) is 8.14. The molecule has 0 amide bonds. The molecule has 0 N–H and O–H groups in total. The SMILES string of the molecule is COc1ccc(C(=O)O[C@H](C)C(=O)c2ccc(C)cc2)cc1S(=O)(=O)N(C)OC. The average molecular weight is 421 g/mol. The standard InChI is InChI=1S/C20H23NO7S/c1-13-6-8-15(9-7-13)19(22)14(2)28-20(23)16-10-11-17(26-4)18(12-16)29(24,25)21(3)27-5/h6-12,14H,1-5H3/t14-/m1/s1. The first kappa shape index (κ1) is 22.5. The van der Waals surface area contributed by atoms with Gasteiger partial charge in [0.25, 0.3) is 10.0 Å². The number of hydroxylamine groups is 1. The maximum atomic E-state index is 12.6. The summed E-state index contributed by atoms with van der Waals surface area (Å²) in [6.45, 7) is 3.36. The largest absolute Gasteiger partial charge is 0.495 e. The van der Waals surface area contributed by atoms with Gasteiger partial charge in [0.15, 0.2) is 6.10 Å². The summed E-state index contributed by atoms with van der Waals surface area (Å²) in [5.41, 5.74) is 1.37. The van der Waals surface area contributed by atoms with Crippen LogP contribution in [0.1, 0.15) is 33.2 Å². The van der Waals surface area contributed by atoms with Crippen LogP contribution in [-0.2, 0) is 19.6 Å². The van der Waals surface area contributed by atoms with Crippen LogP contribution in [-0.4, -0.2) is 52.0 Å². The first-order chi connectivity index (χ1) is 13.6. The Hall–Kier alpha value is -2.75. The van der Waals surface area contributed by atoms with Crippen LogP contribution in [0.25, 0.3) is 0 Å². The number of ether oxygens (including phenoxy) is 2. The second-order valence-electron chi connectivity index (χ2n) is 6.24. The van der Waals surface area contributed by atoms with E-state index in [0.717, 1.165) is 11.6 Å². The van der Waals surface area contributed by atoms with Gasteiger partial charge in [-0.05, 0) is 32.0 Å². The number of ketones is 1. The van der Waals surface area contributed by atoms with Crippen molar-refractivity contribution in [3.63, 3.8) is 0 Å². The van der Waals surface area contributed by atoms with Crippen molar-refractivity contribution < 1.29 is 32.3 Å². The van der Waals surface area contributed by atoms with Crippen molar-refractivity contribution in [2.75, 3.05) is 21.3 Å². The molecule has 0 heterocycles. The number of methoxy groups -OCH3 is 1. The van der Waals surface area contributed by atoms with Gasteiger partial charge in [-0.3, -0.25) is 9.63 Å². The number of benzene rings is 2. The molecule has 0 radical (unpaired) electrons. The fraction of sp³-hybridized carbons (Fsp3) is 0.300. The van der Waals surface area contributed by atoms with Gasteiger partial charge in [-0.15, -0.1) is 0 Å². The summed E-state index contributed by atoms with van der Waals surface area (Å²) < 4.78 is 36.1. The quantitative estimate of drug-likeness (QED) is 0.367. The maximum absolute atomic E-state index is 12.6. The van der Waals surface area contributed by atoms with E-state index in [1.165, 1.54) is 40.3 Å². The first-order valence-electron chi connectivity index (χ1n) is 8.64. The van der Waals surface area contributed by atoms with Gasteiger partial charge < -0.3 is 9.47 Å². The van der Waals surface area contributed by atoms with Crippen LogP contribution in [0.3, 0.4) is 0 Å². The lowest BCUT2D eigenvalue weighted by Crippen LogP contribution is -2.27. The number of nitrogens with zero attached hydrogens (tertiary/aromatic N) is 1. The highest BCUT2D eigenvalue weighted by Gasteiger charge is 2.28. The average Bonchev–Trinajstić information content (AvgIpc) is 2.72. The summed E-state index contributed by atoms with van der Waals surface area (Å²) in [7, 11) is -0.356. The Bertz CT molecular complexity index is 1000. The number of aryl methyl sites for hydroxylation is 1. The van der Waals surface area contributed by atoms with Crippen LogP contribution in [0.5, 0.6) is 5.75 Å². The molecule has 8 nitrogen and oxygen atoms in total. The number of hydrogen-bond acceptors (Lipinski definition) is 7. The predicted octanol–water partition coefficient (Wildman–Crippen LogP) is 2.61. The molecule has 0 aliphatic heterocycles. The maximum Gasteiger partial charge on any atom is 0.338 e. The van der Waals surface area contributed by atoms with E-state index in [-0.39, 0.29) is 22.0 Å². The van der Waals surface area contributed by atoms with Crippen LogP contribution in [0.15, 0.2) is 47.4 Å². The molecule has 0 spiro atoms. The molecule has 29 heavy (non-hydrogen) atoms. The zero-order valence-corrected chi connectivity index (χ0v) is 17.6. The summed E-state index contributed by atoms with van der Waals surface area (Å²) in [6.07, 6.45) is -1.05. The van der Waals surface area contributed by atoms with E-state index in [9.17, 15) is 18.0 Å². The number of carbonyl (C=O) groups excluding carboxylic acids is 2. The van der Waals surface area contributed by atoms with Crippen LogP contribution in [0, 0.1) is 6.92 Å². The number of hydrogen-bond donors (Lipinski definition) is 0. The van der Waals surface area contributed by atoms with Crippen LogP contribution < -0.4 is 4.74 Å². The first-order valence-corrected chi connectivity index (χ1v) is 10.1. The predicted molar refractivity (Wildman–Crippen MR) is 105 cm³/mol. The number of esters is 1. The van der Waals surface area contributed by atoms with Gasteiger partial charge in [-0.2, -0.15) is 0 Å². The van der Waals surface area contributed by atoms with Crippen LogP contribution in [0.4, 0.5) is 0 Å². The highest BCUT2D eigenvalue weighted by Crippen LogP contribution is 2.28. The van der Waals surface area contributed by atoms with Crippen molar-refractivity contribution >= 4 is 21.8 Å². The van der Waals surface area contributed by atoms with Crippen molar-refractivity contribution in [1.29, 1.82) is 0 Å². The molecule has 0 saturated carbocycles. The lowest BCUT2D eigenvalue weighted by atomic mass is 10.1. The molecule has 0 bridgehead atoms. The Morgan fingerprint density at radius 3 is 2.14 bits per heavy atom. The number of rotatable bonds is 8. The summed E-state index contributed by atoms with van der Waals surface area (Å²) in [5, 5.41) is 0. The van der Waals surface area contributed by atoms with Gasteiger partial charge in [0.05, 0.1) is 19.8 Å². The van der Waals surface area contributed by atoms with Crippen LogP contribution >= 0.6 is 0 Å². The summed E-state index contributed by atoms with van der Waals surface area (Å²) in [4.78, 5) is 29.5. The summed E-state index contributed by atoms with van der Waals surface area (Å²) >= 11 is 0. The van der Waals surface area contributed by atoms with Gasteiger partial charge in [-0.25, -0.2) is 13.2 Å². The molecule has 1 atom stereocenters. The lowest BCUT2D eigenvalue weighted by Gasteiger charge is -2.17. The molecule has 2 aromatic carbocycles. The van der Waals surface area contributed by atoms with Gasteiger partial charge in [0.1, 0.15) is 10.6 Å². The minimum atomic E-state index is -4.07. The summed E-state index contributed by atoms with van der Waals surface area (Å²) in [5.74, 6) is -1.16. The lowest BCUT2D eigenvalue weighted by molar-refractivity contribution is -0.0259. The zero-order valence-electron chi connectivity index (χ0n) is 16.8. The third kappa shape index (κ3) is 5.00. The van der Waals surface area contributed by atoms with Crippen molar-refractivity contribution in [2.45, 2.75) is 24.8 Å². The molecule has 0 aliphatic carbocycles. The zero-order chi connectivity index (χ0) is 21.8. The van der Waals surface area contributed by atoms with E-state index in [1.54, 1.807) is 24.3 Å². The molecule has 0 unspecified atom stereocenters. The van der Waals surface area contributed by atoms with E-state index in [2.05, 4.69) is 0 Å². The molecule has 2 aromatic rings. The molecular weight excluding hydrogens is 398 g/mol. The van der Waals surface area contributed by atoms with Gasteiger partial charge in [0.2, 0.25) is 5.78 Å². The van der Waals surface area contributed by atoms with E-state index >= 15 is 0 Å². The Kier molecular flexibility index (Phi) is 7.12. The third-order valence-corrected chi connectivity index (χ3v) is 5.96. The van der Waals surface area contributed by atoms with Gasteiger partial charge >= 0.3 is 5.97 Å². The fourth-order valence-electron chi connectivity index (χ4n) is 2.48. The minimum absolute atomic E-state index is 0.0363. The molecule has 0 aliphatic rings. The molecule has 9 heteroatoms. The molecule has 0 saturated heterocycles.